The zero-order valence-corrected chi connectivity index (χ0v) is 12.5. The molecule has 4 rings (SSSR count). The number of H-pyrrole nitrogens is 1. The van der Waals surface area contributed by atoms with Gasteiger partial charge in [-0.15, -0.1) is 0 Å². The first-order valence-corrected chi connectivity index (χ1v) is 7.59. The minimum atomic E-state index is -0.415. The first-order chi connectivity index (χ1) is 11.1. The summed E-state index contributed by atoms with van der Waals surface area (Å²) in [4.78, 5) is 11.5. The molecule has 0 saturated heterocycles. The smallest absolute Gasteiger partial charge is 0.142 e. The highest BCUT2D eigenvalue weighted by Gasteiger charge is 2.16. The first-order valence-electron chi connectivity index (χ1n) is 6.77. The quantitative estimate of drug-likeness (QED) is 0.579. The van der Waals surface area contributed by atoms with Crippen molar-refractivity contribution in [2.75, 3.05) is 5.73 Å². The molecule has 0 unspecified atom stereocenters. The van der Waals surface area contributed by atoms with Crippen LogP contribution in [0.3, 0.4) is 0 Å². The lowest BCUT2D eigenvalue weighted by Gasteiger charge is -1.97. The predicted molar refractivity (Wildman–Crippen MR) is 87.0 cm³/mol. The Morgan fingerprint density at radius 2 is 1.87 bits per heavy atom. The number of hydrogen-bond acceptors (Lipinski definition) is 4. The number of rotatable bonds is 2. The lowest BCUT2D eigenvalue weighted by Crippen LogP contribution is -1.86. The average molecular weight is 328 g/mol. The molecule has 114 valence electrons. The van der Waals surface area contributed by atoms with Gasteiger partial charge in [0.2, 0.25) is 0 Å². The van der Waals surface area contributed by atoms with Gasteiger partial charge < -0.3 is 10.7 Å². The van der Waals surface area contributed by atoms with Crippen LogP contribution in [0, 0.1) is 11.6 Å². The van der Waals surface area contributed by atoms with Gasteiger partial charge in [-0.2, -0.15) is 0 Å². The summed E-state index contributed by atoms with van der Waals surface area (Å²) in [6.07, 6.45) is 2.88. The van der Waals surface area contributed by atoms with Crippen LogP contribution in [-0.4, -0.2) is 15.0 Å². The molecule has 0 radical (unpaired) electrons. The summed E-state index contributed by atoms with van der Waals surface area (Å²) in [7, 11) is 0. The molecule has 0 spiro atoms. The van der Waals surface area contributed by atoms with E-state index in [0.29, 0.717) is 26.7 Å². The molecule has 4 aromatic rings. The van der Waals surface area contributed by atoms with Crippen molar-refractivity contribution < 1.29 is 8.78 Å². The Balaban J connectivity index is 1.85. The number of hydrogen-bond donors (Lipinski definition) is 2. The number of thiazole rings is 1. The van der Waals surface area contributed by atoms with E-state index in [2.05, 4.69) is 15.0 Å². The number of aromatic amines is 1. The van der Waals surface area contributed by atoms with Crippen LogP contribution < -0.4 is 5.73 Å². The molecule has 0 aliphatic heterocycles. The van der Waals surface area contributed by atoms with Gasteiger partial charge in [-0.3, -0.25) is 0 Å². The number of nitrogens with zero attached hydrogens (tertiary/aromatic N) is 2. The van der Waals surface area contributed by atoms with Gasteiger partial charge in [0.1, 0.15) is 33.0 Å². The van der Waals surface area contributed by atoms with E-state index in [1.165, 1.54) is 29.5 Å². The second-order valence-electron chi connectivity index (χ2n) is 4.99. The summed E-state index contributed by atoms with van der Waals surface area (Å²) < 4.78 is 26.5. The molecule has 23 heavy (non-hydrogen) atoms. The van der Waals surface area contributed by atoms with Crippen molar-refractivity contribution in [2.24, 2.45) is 0 Å². The van der Waals surface area contributed by atoms with E-state index < -0.39 is 5.82 Å². The Morgan fingerprint density at radius 3 is 2.65 bits per heavy atom. The summed E-state index contributed by atoms with van der Waals surface area (Å²) >= 11 is 1.29. The third kappa shape index (κ3) is 2.35. The van der Waals surface area contributed by atoms with Crippen LogP contribution in [0.2, 0.25) is 0 Å². The minimum absolute atomic E-state index is 0.319. The van der Waals surface area contributed by atoms with Gasteiger partial charge in [0.25, 0.3) is 0 Å². The maximum Gasteiger partial charge on any atom is 0.142 e. The highest BCUT2D eigenvalue weighted by molar-refractivity contribution is 7.19. The number of nitrogens with two attached hydrogens (primary N) is 1. The molecule has 4 nitrogen and oxygen atoms in total. The van der Waals surface area contributed by atoms with Crippen LogP contribution in [0.15, 0.2) is 42.7 Å². The Morgan fingerprint density at radius 1 is 1.09 bits per heavy atom. The van der Waals surface area contributed by atoms with Crippen molar-refractivity contribution in [3.8, 4) is 21.8 Å². The van der Waals surface area contributed by atoms with Crippen molar-refractivity contribution in [2.45, 2.75) is 0 Å². The molecule has 0 aliphatic carbocycles. The fourth-order valence-electron chi connectivity index (χ4n) is 2.42. The lowest BCUT2D eigenvalue weighted by molar-refractivity contribution is 0.624. The van der Waals surface area contributed by atoms with E-state index in [9.17, 15) is 8.78 Å². The largest absolute Gasteiger partial charge is 0.389 e. The molecule has 0 atom stereocenters. The Kier molecular flexibility index (Phi) is 3.09. The SMILES string of the molecule is Nc1sc(-c2c[nH]c3ncc(F)cc23)nc1-c1ccc(F)cc1. The summed E-state index contributed by atoms with van der Waals surface area (Å²) in [5, 5.41) is 1.82. The third-order valence-electron chi connectivity index (χ3n) is 3.50. The van der Waals surface area contributed by atoms with Crippen molar-refractivity contribution in [3.05, 3.63) is 54.4 Å². The van der Waals surface area contributed by atoms with Gasteiger partial charge in [0.15, 0.2) is 0 Å². The molecular weight excluding hydrogens is 318 g/mol. The molecule has 3 heterocycles. The molecule has 0 bridgehead atoms. The van der Waals surface area contributed by atoms with Gasteiger partial charge in [-0.1, -0.05) is 11.3 Å². The number of aromatic nitrogens is 3. The van der Waals surface area contributed by atoms with Crippen LogP contribution >= 0.6 is 11.3 Å². The maximum atomic E-state index is 13.4. The molecule has 7 heteroatoms. The molecule has 0 aliphatic rings. The third-order valence-corrected chi connectivity index (χ3v) is 4.42. The number of pyridine rings is 1. The zero-order valence-electron chi connectivity index (χ0n) is 11.7. The molecule has 0 amide bonds. The Labute approximate surface area is 133 Å². The predicted octanol–water partition coefficient (Wildman–Crippen LogP) is 4.21. The van der Waals surface area contributed by atoms with E-state index in [1.54, 1.807) is 18.3 Å². The summed E-state index contributed by atoms with van der Waals surface area (Å²) in [6, 6.07) is 7.38. The van der Waals surface area contributed by atoms with Crippen LogP contribution in [-0.2, 0) is 0 Å². The van der Waals surface area contributed by atoms with Gasteiger partial charge in [0.05, 0.1) is 6.20 Å². The molecule has 3 N–H and O–H groups in total. The molecule has 3 aromatic heterocycles. The molecular formula is C16H10F2N4S. The number of nitrogen functional groups attached to an aromatic ring is 1. The van der Waals surface area contributed by atoms with Gasteiger partial charge in [0, 0.05) is 22.7 Å². The van der Waals surface area contributed by atoms with E-state index in [-0.39, 0.29) is 5.82 Å². The number of anilines is 1. The van der Waals surface area contributed by atoms with Crippen LogP contribution in [0.5, 0.6) is 0 Å². The normalized spacial score (nSPS) is 11.2. The van der Waals surface area contributed by atoms with Crippen molar-refractivity contribution in [1.82, 2.24) is 15.0 Å². The van der Waals surface area contributed by atoms with Crippen molar-refractivity contribution in [3.63, 3.8) is 0 Å². The summed E-state index contributed by atoms with van der Waals surface area (Å²) in [6.45, 7) is 0. The van der Waals surface area contributed by atoms with Crippen LogP contribution in [0.4, 0.5) is 13.8 Å². The second kappa shape index (κ2) is 5.13. The van der Waals surface area contributed by atoms with E-state index in [1.807, 2.05) is 0 Å². The van der Waals surface area contributed by atoms with Gasteiger partial charge in [-0.25, -0.2) is 18.7 Å². The molecule has 0 saturated carbocycles. The van der Waals surface area contributed by atoms with Gasteiger partial charge >= 0.3 is 0 Å². The van der Waals surface area contributed by atoms with Gasteiger partial charge in [-0.05, 0) is 30.3 Å². The fourth-order valence-corrected chi connectivity index (χ4v) is 3.30. The first kappa shape index (κ1) is 13.8. The minimum Gasteiger partial charge on any atom is -0.389 e. The Hall–Kier alpha value is -2.80. The Bertz CT molecular complexity index is 1000. The number of benzene rings is 1. The van der Waals surface area contributed by atoms with E-state index in [0.717, 1.165) is 17.3 Å². The van der Waals surface area contributed by atoms with Crippen molar-refractivity contribution in [1.29, 1.82) is 0 Å². The zero-order chi connectivity index (χ0) is 16.0. The summed E-state index contributed by atoms with van der Waals surface area (Å²) in [5.41, 5.74) is 8.69. The highest BCUT2D eigenvalue weighted by Crippen LogP contribution is 2.38. The second-order valence-corrected chi connectivity index (χ2v) is 6.02. The lowest BCUT2D eigenvalue weighted by atomic mass is 10.1. The molecule has 0 fully saturated rings. The number of halogens is 2. The maximum absolute atomic E-state index is 13.4. The summed E-state index contributed by atoms with van der Waals surface area (Å²) in [5.74, 6) is -0.734. The monoisotopic (exact) mass is 328 g/mol. The van der Waals surface area contributed by atoms with E-state index >= 15 is 0 Å². The van der Waals surface area contributed by atoms with Crippen LogP contribution in [0.25, 0.3) is 32.9 Å². The highest BCUT2D eigenvalue weighted by atomic mass is 32.1. The number of nitrogens with one attached hydrogen (secondary N) is 1. The topological polar surface area (TPSA) is 67.6 Å². The van der Waals surface area contributed by atoms with E-state index in [4.69, 9.17) is 5.73 Å². The average Bonchev–Trinajstić information content (AvgIpc) is 3.11. The van der Waals surface area contributed by atoms with Crippen LogP contribution in [0.1, 0.15) is 0 Å². The number of fused-ring (bicyclic) bond motifs is 1. The fraction of sp³-hybridized carbons (Fsp3) is 0. The molecule has 1 aromatic carbocycles. The standard InChI is InChI=1S/C16H10F2N4S/c17-9-3-1-8(2-4-9)13-14(19)23-16(22-13)12-7-21-15-11(12)5-10(18)6-20-15/h1-7H,19H2,(H,20,21). The van der Waals surface area contributed by atoms with Crippen molar-refractivity contribution >= 4 is 27.4 Å².